The molecular formula is C22H23ClN4O3. The van der Waals surface area contributed by atoms with Gasteiger partial charge >= 0.3 is 5.97 Å². The highest BCUT2D eigenvalue weighted by atomic mass is 35.5. The van der Waals surface area contributed by atoms with E-state index in [0.29, 0.717) is 24.1 Å². The maximum Gasteiger partial charge on any atom is 0.320 e. The quantitative estimate of drug-likeness (QED) is 0.603. The molecule has 7 nitrogen and oxygen atoms in total. The van der Waals surface area contributed by atoms with E-state index in [4.69, 9.17) is 21.3 Å². The Morgan fingerprint density at radius 1 is 1.03 bits per heavy atom. The van der Waals surface area contributed by atoms with Gasteiger partial charge in [-0.05, 0) is 29.8 Å². The van der Waals surface area contributed by atoms with Crippen LogP contribution in [0.25, 0.3) is 0 Å². The lowest BCUT2D eigenvalue weighted by atomic mass is 9.91. The molecule has 0 aliphatic carbocycles. The van der Waals surface area contributed by atoms with Crippen molar-refractivity contribution in [3.05, 3.63) is 65.2 Å². The second kappa shape index (κ2) is 8.75. The maximum atomic E-state index is 12.8. The molecule has 0 bridgehead atoms. The van der Waals surface area contributed by atoms with Crippen LogP contribution in [-0.4, -0.2) is 56.0 Å². The van der Waals surface area contributed by atoms with Gasteiger partial charge < -0.3 is 14.5 Å². The lowest BCUT2D eigenvalue weighted by molar-refractivity contribution is -0.151. The molecule has 8 heteroatoms. The Labute approximate surface area is 180 Å². The van der Waals surface area contributed by atoms with Crippen LogP contribution in [0.2, 0.25) is 5.02 Å². The first kappa shape index (κ1) is 20.2. The van der Waals surface area contributed by atoms with E-state index < -0.39 is 17.9 Å². The summed E-state index contributed by atoms with van der Waals surface area (Å²) < 4.78 is 4.87. The average Bonchev–Trinajstić information content (AvgIpc) is 2.79. The smallest absolute Gasteiger partial charge is 0.320 e. The number of hydrogen-bond donors (Lipinski definition) is 1. The number of ether oxygens (including phenoxy) is 1. The average molecular weight is 427 g/mol. The second-order valence-electron chi connectivity index (χ2n) is 7.25. The SMILES string of the molecule is COC(=O)[C@@H]1C(=O)NC(N2CCN(c3ccc(Cl)cc3)CC2)=N[C@@H]1c1ccccc1. The predicted molar refractivity (Wildman–Crippen MR) is 116 cm³/mol. The number of esters is 1. The van der Waals surface area contributed by atoms with Gasteiger partial charge in [0, 0.05) is 36.9 Å². The van der Waals surface area contributed by atoms with Crippen molar-refractivity contribution in [2.24, 2.45) is 10.9 Å². The number of carbonyl (C=O) groups excluding carboxylic acids is 2. The Morgan fingerprint density at radius 2 is 1.67 bits per heavy atom. The molecule has 0 aromatic heterocycles. The molecule has 4 rings (SSSR count). The van der Waals surface area contributed by atoms with E-state index in [0.717, 1.165) is 24.3 Å². The number of piperazine rings is 1. The fourth-order valence-corrected chi connectivity index (χ4v) is 3.97. The Morgan fingerprint density at radius 3 is 2.30 bits per heavy atom. The summed E-state index contributed by atoms with van der Waals surface area (Å²) in [4.78, 5) is 34.2. The molecule has 1 fully saturated rings. The van der Waals surface area contributed by atoms with Gasteiger partial charge in [-0.15, -0.1) is 0 Å². The van der Waals surface area contributed by atoms with Crippen molar-refractivity contribution in [2.45, 2.75) is 6.04 Å². The third kappa shape index (κ3) is 4.11. The largest absolute Gasteiger partial charge is 0.468 e. The molecule has 2 heterocycles. The summed E-state index contributed by atoms with van der Waals surface area (Å²) in [5.41, 5.74) is 1.92. The zero-order valence-corrected chi connectivity index (χ0v) is 17.4. The van der Waals surface area contributed by atoms with Crippen molar-refractivity contribution in [2.75, 3.05) is 38.2 Å². The second-order valence-corrected chi connectivity index (χ2v) is 7.69. The number of halogens is 1. The van der Waals surface area contributed by atoms with Crippen LogP contribution in [0.3, 0.4) is 0 Å². The number of methoxy groups -OCH3 is 1. The van der Waals surface area contributed by atoms with Crippen molar-refractivity contribution in [3.63, 3.8) is 0 Å². The Bertz CT molecular complexity index is 941. The number of aliphatic imine (C=N–C) groups is 1. The van der Waals surface area contributed by atoms with E-state index in [1.165, 1.54) is 7.11 Å². The van der Waals surface area contributed by atoms with Crippen molar-refractivity contribution in [1.29, 1.82) is 0 Å². The molecule has 1 saturated heterocycles. The zero-order valence-electron chi connectivity index (χ0n) is 16.6. The van der Waals surface area contributed by atoms with Crippen molar-refractivity contribution >= 4 is 35.1 Å². The molecular weight excluding hydrogens is 404 g/mol. The third-order valence-electron chi connectivity index (χ3n) is 5.46. The molecule has 2 aliphatic heterocycles. The zero-order chi connectivity index (χ0) is 21.1. The van der Waals surface area contributed by atoms with Gasteiger partial charge in [0.05, 0.1) is 7.11 Å². The van der Waals surface area contributed by atoms with Crippen LogP contribution in [-0.2, 0) is 14.3 Å². The highest BCUT2D eigenvalue weighted by Gasteiger charge is 2.41. The van der Waals surface area contributed by atoms with Gasteiger partial charge in [-0.25, -0.2) is 4.99 Å². The summed E-state index contributed by atoms with van der Waals surface area (Å²) in [6, 6.07) is 16.5. The van der Waals surface area contributed by atoms with E-state index in [1.54, 1.807) is 0 Å². The van der Waals surface area contributed by atoms with Gasteiger partial charge in [-0.2, -0.15) is 0 Å². The van der Waals surface area contributed by atoms with Crippen LogP contribution < -0.4 is 10.2 Å². The van der Waals surface area contributed by atoms with Crippen molar-refractivity contribution < 1.29 is 14.3 Å². The molecule has 0 unspecified atom stereocenters. The van der Waals surface area contributed by atoms with Gasteiger partial charge in [0.15, 0.2) is 5.92 Å². The number of nitrogens with zero attached hydrogens (tertiary/aromatic N) is 3. The highest BCUT2D eigenvalue weighted by molar-refractivity contribution is 6.30. The van der Waals surface area contributed by atoms with E-state index in [9.17, 15) is 9.59 Å². The van der Waals surface area contributed by atoms with Gasteiger partial charge in [-0.1, -0.05) is 41.9 Å². The first-order chi connectivity index (χ1) is 14.6. The van der Waals surface area contributed by atoms with Crippen LogP contribution in [0, 0.1) is 5.92 Å². The number of amides is 1. The topological polar surface area (TPSA) is 74.2 Å². The summed E-state index contributed by atoms with van der Waals surface area (Å²) in [6.07, 6.45) is 0. The molecule has 0 radical (unpaired) electrons. The third-order valence-corrected chi connectivity index (χ3v) is 5.71. The Hall–Kier alpha value is -3.06. The number of benzene rings is 2. The lowest BCUT2D eigenvalue weighted by Gasteiger charge is -2.39. The minimum Gasteiger partial charge on any atom is -0.468 e. The molecule has 2 aliphatic rings. The van der Waals surface area contributed by atoms with E-state index in [-0.39, 0.29) is 5.91 Å². The summed E-state index contributed by atoms with van der Waals surface area (Å²) in [6.45, 7) is 2.97. The van der Waals surface area contributed by atoms with Crippen LogP contribution in [0.4, 0.5) is 5.69 Å². The fraction of sp³-hybridized carbons (Fsp3) is 0.318. The molecule has 156 valence electrons. The number of rotatable bonds is 3. The molecule has 1 amide bonds. The maximum absolute atomic E-state index is 12.8. The first-order valence-corrected chi connectivity index (χ1v) is 10.2. The van der Waals surface area contributed by atoms with E-state index >= 15 is 0 Å². The number of nitrogens with one attached hydrogen (secondary N) is 1. The molecule has 2 atom stereocenters. The van der Waals surface area contributed by atoms with Gasteiger partial charge in [0.2, 0.25) is 11.9 Å². The molecule has 0 saturated carbocycles. The minimum absolute atomic E-state index is 0.388. The minimum atomic E-state index is -1.00. The Balaban J connectivity index is 1.54. The number of hydrogen-bond acceptors (Lipinski definition) is 6. The summed E-state index contributed by atoms with van der Waals surface area (Å²) in [5, 5.41) is 3.53. The van der Waals surface area contributed by atoms with Crippen LogP contribution in [0.5, 0.6) is 0 Å². The standard InChI is InChI=1S/C22H23ClN4O3/c1-30-21(29)18-19(15-5-3-2-4-6-15)24-22(25-20(18)28)27-13-11-26(12-14-27)17-9-7-16(23)8-10-17/h2-10,18-19H,11-14H2,1H3,(H,24,25,28)/t18-,19+/m0/s1. The predicted octanol–water partition coefficient (Wildman–Crippen LogP) is 2.48. The van der Waals surface area contributed by atoms with Crippen molar-refractivity contribution in [3.8, 4) is 0 Å². The number of guanidine groups is 1. The van der Waals surface area contributed by atoms with Crippen LogP contribution in [0.15, 0.2) is 59.6 Å². The fourth-order valence-electron chi connectivity index (χ4n) is 3.84. The Kier molecular flexibility index (Phi) is 5.90. The number of anilines is 1. The van der Waals surface area contributed by atoms with E-state index in [1.807, 2.05) is 59.5 Å². The summed E-state index contributed by atoms with van der Waals surface area (Å²) in [5.74, 6) is -1.47. The molecule has 0 spiro atoms. The molecule has 2 aromatic rings. The van der Waals surface area contributed by atoms with Gasteiger partial charge in [-0.3, -0.25) is 14.9 Å². The first-order valence-electron chi connectivity index (χ1n) is 9.83. The lowest BCUT2D eigenvalue weighted by Crippen LogP contribution is -2.57. The summed E-state index contributed by atoms with van der Waals surface area (Å²) >= 11 is 5.98. The molecule has 2 aromatic carbocycles. The number of carbonyl (C=O) groups is 2. The summed E-state index contributed by atoms with van der Waals surface area (Å²) in [7, 11) is 1.28. The van der Waals surface area contributed by atoms with Crippen LogP contribution in [0.1, 0.15) is 11.6 Å². The van der Waals surface area contributed by atoms with Gasteiger partial charge in [0.1, 0.15) is 6.04 Å². The monoisotopic (exact) mass is 426 g/mol. The van der Waals surface area contributed by atoms with Crippen LogP contribution >= 0.6 is 11.6 Å². The normalized spacial score (nSPS) is 21.7. The van der Waals surface area contributed by atoms with Gasteiger partial charge in [0.25, 0.3) is 0 Å². The molecule has 1 N–H and O–H groups in total. The highest BCUT2D eigenvalue weighted by Crippen LogP contribution is 2.31. The molecule has 30 heavy (non-hydrogen) atoms. The van der Waals surface area contributed by atoms with E-state index in [2.05, 4.69) is 10.2 Å². The van der Waals surface area contributed by atoms with Crippen molar-refractivity contribution in [1.82, 2.24) is 10.2 Å².